The van der Waals surface area contributed by atoms with E-state index in [0.29, 0.717) is 34.5 Å². The minimum Gasteiger partial charge on any atom is -0.493 e. The van der Waals surface area contributed by atoms with Gasteiger partial charge in [0.15, 0.2) is 16.6 Å². The van der Waals surface area contributed by atoms with Crippen LogP contribution in [0.15, 0.2) is 27.9 Å². The number of benzene rings is 1. The first kappa shape index (κ1) is 20.5. The standard InChI is InChI=1S/C18H23BrN2O4S/c1-5-6-7-25-16-12(19)8-11(9-13(16)23-3)15-14(17(22)24-4)10(2)20-18(26)21-15/h8-9,15H,5-7H2,1-4H3,(H2,20,21,26)/t15-/m1/s1. The van der Waals surface area contributed by atoms with E-state index < -0.39 is 12.0 Å². The van der Waals surface area contributed by atoms with E-state index in [2.05, 4.69) is 33.5 Å². The molecule has 0 unspecified atom stereocenters. The number of allylic oxidation sites excluding steroid dienone is 1. The second-order valence-electron chi connectivity index (χ2n) is 5.80. The summed E-state index contributed by atoms with van der Waals surface area (Å²) in [4.78, 5) is 12.3. The van der Waals surface area contributed by atoms with Crippen LogP contribution in [0.3, 0.4) is 0 Å². The van der Waals surface area contributed by atoms with Crippen molar-refractivity contribution < 1.29 is 19.0 Å². The van der Waals surface area contributed by atoms with Gasteiger partial charge >= 0.3 is 5.97 Å². The summed E-state index contributed by atoms with van der Waals surface area (Å²) in [6.07, 6.45) is 2.00. The zero-order chi connectivity index (χ0) is 19.3. The largest absolute Gasteiger partial charge is 0.493 e. The minimum absolute atomic E-state index is 0.423. The highest BCUT2D eigenvalue weighted by atomic mass is 79.9. The fraction of sp³-hybridized carbons (Fsp3) is 0.444. The molecule has 8 heteroatoms. The lowest BCUT2D eigenvalue weighted by Gasteiger charge is -2.30. The van der Waals surface area contributed by atoms with Crippen molar-refractivity contribution in [3.05, 3.63) is 33.4 Å². The summed E-state index contributed by atoms with van der Waals surface area (Å²) < 4.78 is 17.0. The van der Waals surface area contributed by atoms with Gasteiger partial charge in [-0.25, -0.2) is 4.79 Å². The lowest BCUT2D eigenvalue weighted by molar-refractivity contribution is -0.136. The van der Waals surface area contributed by atoms with Crippen LogP contribution < -0.4 is 20.1 Å². The summed E-state index contributed by atoms with van der Waals surface area (Å²) in [5.41, 5.74) is 1.93. The number of esters is 1. The van der Waals surface area contributed by atoms with Crippen LogP contribution in [0.1, 0.15) is 38.3 Å². The monoisotopic (exact) mass is 442 g/mol. The average Bonchev–Trinajstić information content (AvgIpc) is 2.61. The van der Waals surface area contributed by atoms with E-state index in [1.54, 1.807) is 14.0 Å². The summed E-state index contributed by atoms with van der Waals surface area (Å²) in [5.74, 6) is 0.800. The van der Waals surface area contributed by atoms with Crippen molar-refractivity contribution in [2.45, 2.75) is 32.7 Å². The second-order valence-corrected chi connectivity index (χ2v) is 7.06. The summed E-state index contributed by atoms with van der Waals surface area (Å²) in [6, 6.07) is 3.28. The number of thiocarbonyl (C=S) groups is 1. The molecular weight excluding hydrogens is 420 g/mol. The highest BCUT2D eigenvalue weighted by Crippen LogP contribution is 2.40. The van der Waals surface area contributed by atoms with Crippen molar-refractivity contribution in [1.82, 2.24) is 10.6 Å². The maximum absolute atomic E-state index is 12.3. The van der Waals surface area contributed by atoms with E-state index in [0.717, 1.165) is 22.9 Å². The number of carbonyl (C=O) groups excluding carboxylic acids is 1. The third-order valence-electron chi connectivity index (χ3n) is 4.00. The van der Waals surface area contributed by atoms with Gasteiger partial charge in [0.25, 0.3) is 0 Å². The molecule has 1 aliphatic heterocycles. The number of halogens is 1. The van der Waals surface area contributed by atoms with Crippen LogP contribution >= 0.6 is 28.1 Å². The number of hydrogen-bond donors (Lipinski definition) is 2. The smallest absolute Gasteiger partial charge is 0.337 e. The van der Waals surface area contributed by atoms with Gasteiger partial charge in [0, 0.05) is 5.70 Å². The predicted octanol–water partition coefficient (Wildman–Crippen LogP) is 3.60. The Hall–Kier alpha value is -1.80. The fourth-order valence-electron chi connectivity index (χ4n) is 2.69. The van der Waals surface area contributed by atoms with Gasteiger partial charge < -0.3 is 24.8 Å². The Bertz CT molecular complexity index is 736. The Morgan fingerprint density at radius 3 is 2.69 bits per heavy atom. The number of ether oxygens (including phenoxy) is 3. The van der Waals surface area contributed by atoms with Gasteiger partial charge in [0.1, 0.15) is 0 Å². The molecule has 2 N–H and O–H groups in total. The topological polar surface area (TPSA) is 68.8 Å². The van der Waals surface area contributed by atoms with Crippen LogP contribution in [0, 0.1) is 0 Å². The minimum atomic E-state index is -0.453. The van der Waals surface area contributed by atoms with Crippen LogP contribution in [-0.2, 0) is 9.53 Å². The normalized spacial score (nSPS) is 16.7. The van der Waals surface area contributed by atoms with Crippen molar-refractivity contribution >= 4 is 39.2 Å². The number of carbonyl (C=O) groups is 1. The van der Waals surface area contributed by atoms with Gasteiger partial charge in [-0.3, -0.25) is 0 Å². The second kappa shape index (κ2) is 9.23. The Morgan fingerprint density at radius 1 is 1.35 bits per heavy atom. The summed E-state index contributed by atoms with van der Waals surface area (Å²) in [6.45, 7) is 4.50. The number of rotatable bonds is 7. The maximum atomic E-state index is 12.3. The van der Waals surface area contributed by atoms with Crippen LogP contribution in [-0.4, -0.2) is 31.9 Å². The average molecular weight is 443 g/mol. The first-order valence-corrected chi connectivity index (χ1v) is 9.49. The number of methoxy groups -OCH3 is 2. The molecule has 0 saturated heterocycles. The van der Waals surface area contributed by atoms with Crippen LogP contribution in [0.25, 0.3) is 0 Å². The predicted molar refractivity (Wildman–Crippen MR) is 107 cm³/mol. The molecule has 0 fully saturated rings. The van der Waals surface area contributed by atoms with Crippen molar-refractivity contribution in [2.24, 2.45) is 0 Å². The third kappa shape index (κ3) is 4.48. The molecule has 0 amide bonds. The zero-order valence-corrected chi connectivity index (χ0v) is 17.7. The van der Waals surface area contributed by atoms with E-state index in [1.165, 1.54) is 7.11 Å². The molecule has 0 spiro atoms. The summed E-state index contributed by atoms with van der Waals surface area (Å²) in [7, 11) is 2.94. The molecule has 1 aromatic rings. The molecule has 0 aliphatic carbocycles. The van der Waals surface area contributed by atoms with Gasteiger partial charge in [-0.05, 0) is 59.2 Å². The Kier molecular flexibility index (Phi) is 7.28. The maximum Gasteiger partial charge on any atom is 0.337 e. The lowest BCUT2D eigenvalue weighted by atomic mass is 9.95. The lowest BCUT2D eigenvalue weighted by Crippen LogP contribution is -2.45. The number of unbranched alkanes of at least 4 members (excludes halogenated alkanes) is 1. The molecule has 0 aromatic heterocycles. The molecule has 1 aliphatic rings. The molecule has 2 rings (SSSR count). The van der Waals surface area contributed by atoms with Crippen molar-refractivity contribution in [3.8, 4) is 11.5 Å². The van der Waals surface area contributed by atoms with Crippen LogP contribution in [0.4, 0.5) is 0 Å². The quantitative estimate of drug-likeness (QED) is 0.379. The van der Waals surface area contributed by atoms with Crippen molar-refractivity contribution in [2.75, 3.05) is 20.8 Å². The van der Waals surface area contributed by atoms with Gasteiger partial charge in [0.2, 0.25) is 0 Å². The summed E-state index contributed by atoms with van der Waals surface area (Å²) >= 11 is 8.80. The SMILES string of the molecule is CCCCOc1c(Br)cc([C@H]2NC(=S)NC(C)=C2C(=O)OC)cc1OC. The Balaban J connectivity index is 2.46. The van der Waals surface area contributed by atoms with Crippen LogP contribution in [0.5, 0.6) is 11.5 Å². The molecule has 0 saturated carbocycles. The van der Waals surface area contributed by atoms with Gasteiger partial charge in [-0.1, -0.05) is 13.3 Å². The molecule has 1 aromatic carbocycles. The van der Waals surface area contributed by atoms with Gasteiger partial charge in [0.05, 0.1) is 36.9 Å². The van der Waals surface area contributed by atoms with E-state index in [4.69, 9.17) is 26.4 Å². The fourth-order valence-corrected chi connectivity index (χ4v) is 3.53. The first-order valence-electron chi connectivity index (χ1n) is 8.29. The van der Waals surface area contributed by atoms with Gasteiger partial charge in [-0.15, -0.1) is 0 Å². The van der Waals surface area contributed by atoms with Crippen molar-refractivity contribution in [1.29, 1.82) is 0 Å². The third-order valence-corrected chi connectivity index (χ3v) is 4.81. The highest BCUT2D eigenvalue weighted by molar-refractivity contribution is 9.10. The molecular formula is C18H23BrN2O4S. The summed E-state index contributed by atoms with van der Waals surface area (Å²) in [5, 5.41) is 6.53. The molecule has 26 heavy (non-hydrogen) atoms. The molecule has 1 heterocycles. The molecule has 0 bridgehead atoms. The Labute approximate surface area is 167 Å². The molecule has 0 radical (unpaired) electrons. The van der Waals surface area contributed by atoms with E-state index in [9.17, 15) is 4.79 Å². The van der Waals surface area contributed by atoms with Crippen LogP contribution in [0.2, 0.25) is 0 Å². The highest BCUT2D eigenvalue weighted by Gasteiger charge is 2.31. The zero-order valence-electron chi connectivity index (χ0n) is 15.3. The molecule has 1 atom stereocenters. The van der Waals surface area contributed by atoms with E-state index in [1.807, 2.05) is 12.1 Å². The van der Waals surface area contributed by atoms with Crippen molar-refractivity contribution in [3.63, 3.8) is 0 Å². The Morgan fingerprint density at radius 2 is 2.08 bits per heavy atom. The van der Waals surface area contributed by atoms with E-state index in [-0.39, 0.29) is 0 Å². The first-order chi connectivity index (χ1) is 12.4. The van der Waals surface area contributed by atoms with E-state index >= 15 is 0 Å². The molecule has 142 valence electrons. The number of nitrogens with one attached hydrogen (secondary N) is 2. The molecule has 6 nitrogen and oxygen atoms in total. The van der Waals surface area contributed by atoms with Gasteiger partial charge in [-0.2, -0.15) is 0 Å². The number of hydrogen-bond acceptors (Lipinski definition) is 5.